The molecule has 0 aliphatic rings. The van der Waals surface area contributed by atoms with E-state index in [4.69, 9.17) is 38.0 Å². The molecule has 0 aromatic carbocycles. The van der Waals surface area contributed by atoms with Gasteiger partial charge in [0.1, 0.15) is 4.83 Å². The van der Waals surface area contributed by atoms with E-state index in [2.05, 4.69) is 15.9 Å². The van der Waals surface area contributed by atoms with Crippen LogP contribution in [0.25, 0.3) is 0 Å². The Labute approximate surface area is 101 Å². The normalized spacial score (nSPS) is 13.9. The van der Waals surface area contributed by atoms with Gasteiger partial charge in [0.05, 0.1) is 6.61 Å². The molecule has 0 bridgehead atoms. The zero-order valence-electron chi connectivity index (χ0n) is 7.03. The fourth-order valence-electron chi connectivity index (χ4n) is 0.560. The zero-order chi connectivity index (χ0) is 10.5. The van der Waals surface area contributed by atoms with Crippen LogP contribution < -0.4 is 0 Å². The minimum absolute atomic E-state index is 0.280. The van der Waals surface area contributed by atoms with E-state index >= 15 is 0 Å². The summed E-state index contributed by atoms with van der Waals surface area (Å²) >= 11 is 20.0. The van der Waals surface area contributed by atoms with Crippen molar-refractivity contribution in [1.29, 1.82) is 0 Å². The van der Waals surface area contributed by atoms with Crippen LogP contribution in [0.3, 0.4) is 0 Å². The number of esters is 1. The Morgan fingerprint density at radius 3 is 2.46 bits per heavy atom. The van der Waals surface area contributed by atoms with Gasteiger partial charge in [-0.1, -0.05) is 15.9 Å². The quantitative estimate of drug-likeness (QED) is 0.254. The molecule has 1 unspecified atom stereocenters. The molecule has 0 saturated heterocycles. The van der Waals surface area contributed by atoms with Gasteiger partial charge in [0, 0.05) is 0 Å². The molecule has 7 heteroatoms. The Bertz CT molecular complexity index is 172. The highest BCUT2D eigenvalue weighted by Gasteiger charge is 2.24. The summed E-state index contributed by atoms with van der Waals surface area (Å²) in [5.74, 6) is -0.286. The molecule has 78 valence electrons. The molecule has 0 amide bonds. The number of carbonyl (C=O) groups is 1. The molecular weight excluding hydrogens is 318 g/mol. The summed E-state index contributed by atoms with van der Waals surface area (Å²) in [6, 6.07) is -2.03. The highest BCUT2D eigenvalue weighted by molar-refractivity contribution is 9.10. The fraction of sp³-hybridized carbons (Fsp3) is 0.833. The summed E-state index contributed by atoms with van der Waals surface area (Å²) in [6.07, 6.45) is 0.605. The van der Waals surface area contributed by atoms with Crippen LogP contribution >= 0.6 is 49.2 Å². The van der Waals surface area contributed by atoms with E-state index in [1.165, 1.54) is 0 Å². The van der Waals surface area contributed by atoms with E-state index in [0.717, 1.165) is 0 Å². The molecule has 0 spiro atoms. The van der Waals surface area contributed by atoms with Gasteiger partial charge in [-0.3, -0.25) is 4.79 Å². The fourth-order valence-corrected chi connectivity index (χ4v) is 2.44. The first-order valence-corrected chi connectivity index (χ1v) is 9.86. The molecule has 1 atom stereocenters. The lowest BCUT2D eigenvalue weighted by Crippen LogP contribution is -2.16. The highest BCUT2D eigenvalue weighted by Crippen LogP contribution is 2.26. The largest absolute Gasteiger partial charge is 0.465 e. The van der Waals surface area contributed by atoms with Crippen LogP contribution in [-0.4, -0.2) is 23.4 Å². The van der Waals surface area contributed by atoms with Crippen LogP contribution in [0.1, 0.15) is 13.3 Å². The number of alkyl halides is 1. The molecular formula is C6H10BrCl3O2Si. The third kappa shape index (κ3) is 9.34. The summed E-state index contributed by atoms with van der Waals surface area (Å²) in [5.41, 5.74) is 0. The van der Waals surface area contributed by atoms with Crippen molar-refractivity contribution in [3.05, 3.63) is 0 Å². The number of hydrogen-bond acceptors (Lipinski definition) is 2. The summed E-state index contributed by atoms with van der Waals surface area (Å²) in [5, 5.41) is 0. The van der Waals surface area contributed by atoms with Crippen molar-refractivity contribution in [3.8, 4) is 0 Å². The Morgan fingerprint density at radius 1 is 1.54 bits per heavy atom. The maximum atomic E-state index is 10.9. The van der Waals surface area contributed by atoms with Gasteiger partial charge in [-0.05, 0) is 19.4 Å². The van der Waals surface area contributed by atoms with Crippen LogP contribution in [0.2, 0.25) is 6.04 Å². The molecule has 0 aliphatic carbocycles. The topological polar surface area (TPSA) is 26.3 Å². The van der Waals surface area contributed by atoms with E-state index in [-0.39, 0.29) is 10.8 Å². The van der Waals surface area contributed by atoms with Crippen molar-refractivity contribution in [2.24, 2.45) is 0 Å². The van der Waals surface area contributed by atoms with Crippen LogP contribution in [0.15, 0.2) is 0 Å². The number of ether oxygens (including phenoxy) is 1. The highest BCUT2D eigenvalue weighted by atomic mass is 79.9. The average molecular weight is 328 g/mol. The molecule has 0 rings (SSSR count). The second-order valence-corrected chi connectivity index (χ2v) is 13.2. The molecule has 0 aromatic rings. The van der Waals surface area contributed by atoms with Crippen molar-refractivity contribution in [1.82, 2.24) is 0 Å². The van der Waals surface area contributed by atoms with Crippen molar-refractivity contribution < 1.29 is 9.53 Å². The van der Waals surface area contributed by atoms with Gasteiger partial charge in [0.15, 0.2) is 0 Å². The van der Waals surface area contributed by atoms with E-state index in [9.17, 15) is 4.79 Å². The SMILES string of the molecule is CC(Br)C(=O)OCCC[Si](Cl)(Cl)Cl. The smallest absolute Gasteiger partial charge is 0.341 e. The van der Waals surface area contributed by atoms with Crippen LogP contribution in [-0.2, 0) is 9.53 Å². The zero-order valence-corrected chi connectivity index (χ0v) is 11.9. The third-order valence-corrected chi connectivity index (χ3v) is 4.17. The van der Waals surface area contributed by atoms with Crippen molar-refractivity contribution >= 4 is 61.1 Å². The summed E-state index contributed by atoms with van der Waals surface area (Å²) in [6.45, 7) is 2.02. The maximum Gasteiger partial charge on any atom is 0.341 e. The molecule has 0 heterocycles. The molecule has 2 nitrogen and oxygen atoms in total. The lowest BCUT2D eigenvalue weighted by Gasteiger charge is -2.08. The number of carbonyl (C=O) groups excluding carboxylic acids is 1. The second-order valence-electron chi connectivity index (χ2n) is 2.50. The van der Waals surface area contributed by atoms with Crippen LogP contribution in [0.5, 0.6) is 0 Å². The van der Waals surface area contributed by atoms with Gasteiger partial charge in [0.25, 0.3) is 0 Å². The maximum absolute atomic E-state index is 10.9. The number of rotatable bonds is 5. The number of hydrogen-bond donors (Lipinski definition) is 0. The molecule has 0 radical (unpaired) electrons. The molecule has 0 saturated carbocycles. The van der Waals surface area contributed by atoms with Crippen molar-refractivity contribution in [2.75, 3.05) is 6.61 Å². The minimum atomic E-state index is -2.54. The Balaban J connectivity index is 3.42. The predicted octanol–water partition coefficient (Wildman–Crippen LogP) is 3.36. The Kier molecular flexibility index (Phi) is 7.03. The standard InChI is InChI=1S/C6H10BrCl3O2Si/c1-5(7)6(11)12-3-2-4-13(8,9)10/h5H,2-4H2,1H3. The Morgan fingerprint density at radius 2 is 2.08 bits per heavy atom. The van der Waals surface area contributed by atoms with Crippen molar-refractivity contribution in [2.45, 2.75) is 24.2 Å². The monoisotopic (exact) mass is 326 g/mol. The minimum Gasteiger partial charge on any atom is -0.465 e. The molecule has 13 heavy (non-hydrogen) atoms. The molecule has 0 fully saturated rings. The third-order valence-electron chi connectivity index (χ3n) is 1.17. The average Bonchev–Trinajstić information content (AvgIpc) is 1.95. The first-order chi connectivity index (χ1) is 5.83. The van der Waals surface area contributed by atoms with Crippen LogP contribution in [0, 0.1) is 0 Å². The lowest BCUT2D eigenvalue weighted by molar-refractivity contribution is -0.142. The van der Waals surface area contributed by atoms with Gasteiger partial charge < -0.3 is 4.74 Å². The molecule has 0 N–H and O–H groups in total. The van der Waals surface area contributed by atoms with Gasteiger partial charge in [-0.2, -0.15) is 0 Å². The Hall–Kier alpha value is 1.04. The van der Waals surface area contributed by atoms with E-state index in [1.807, 2.05) is 0 Å². The predicted molar refractivity (Wildman–Crippen MR) is 62.1 cm³/mol. The molecule has 0 aliphatic heterocycles. The van der Waals surface area contributed by atoms with Crippen molar-refractivity contribution in [3.63, 3.8) is 0 Å². The van der Waals surface area contributed by atoms with Gasteiger partial charge >= 0.3 is 12.0 Å². The first-order valence-electron chi connectivity index (χ1n) is 3.70. The summed E-state index contributed by atoms with van der Waals surface area (Å²) < 4.78 is 4.86. The van der Waals surface area contributed by atoms with Gasteiger partial charge in [0.2, 0.25) is 0 Å². The van der Waals surface area contributed by atoms with E-state index < -0.39 is 6.00 Å². The lowest BCUT2D eigenvalue weighted by atomic mass is 10.5. The summed E-state index contributed by atoms with van der Waals surface area (Å²) in [7, 11) is 0. The van der Waals surface area contributed by atoms with Gasteiger partial charge in [-0.25, -0.2) is 0 Å². The van der Waals surface area contributed by atoms with E-state index in [1.54, 1.807) is 6.92 Å². The summed E-state index contributed by atoms with van der Waals surface area (Å²) in [4.78, 5) is 10.6. The second kappa shape index (κ2) is 6.51. The van der Waals surface area contributed by atoms with Crippen LogP contribution in [0.4, 0.5) is 0 Å². The number of halogens is 4. The van der Waals surface area contributed by atoms with E-state index in [0.29, 0.717) is 19.1 Å². The van der Waals surface area contributed by atoms with Gasteiger partial charge in [-0.15, -0.1) is 33.2 Å². The molecule has 0 aromatic heterocycles. The first kappa shape index (κ1) is 14.0.